The lowest BCUT2D eigenvalue weighted by Gasteiger charge is -2.06. The van der Waals surface area contributed by atoms with Gasteiger partial charge in [0.1, 0.15) is 5.82 Å². The third-order valence-corrected chi connectivity index (χ3v) is 3.05. The second-order valence-electron chi connectivity index (χ2n) is 4.76. The molecule has 0 aliphatic heterocycles. The molecule has 1 saturated carbocycles. The van der Waals surface area contributed by atoms with Crippen LogP contribution in [0.15, 0.2) is 18.2 Å². The molecule has 2 rings (SSSR count). The molecule has 1 aliphatic carbocycles. The second-order valence-corrected chi connectivity index (χ2v) is 4.76. The zero-order valence-electron chi connectivity index (χ0n) is 10.9. The highest BCUT2D eigenvalue weighted by atomic mass is 19.1. The molecule has 0 atom stereocenters. The number of benzene rings is 1. The van der Waals surface area contributed by atoms with Crippen LogP contribution in [0.2, 0.25) is 0 Å². The molecule has 0 saturated heterocycles. The summed E-state index contributed by atoms with van der Waals surface area (Å²) in [5, 5.41) is 16.4. The first-order valence-corrected chi connectivity index (χ1v) is 6.53. The van der Waals surface area contributed by atoms with E-state index in [2.05, 4.69) is 10.6 Å². The SMILES string of the molecule is O=C(NCCCNC1CC1)c1cc([N+](=O)[O-])ccc1F. The Morgan fingerprint density at radius 2 is 2.15 bits per heavy atom. The van der Waals surface area contributed by atoms with Crippen molar-refractivity contribution in [2.45, 2.75) is 25.3 Å². The van der Waals surface area contributed by atoms with Gasteiger partial charge in [0.15, 0.2) is 0 Å². The molecule has 0 heterocycles. The van der Waals surface area contributed by atoms with Crippen molar-refractivity contribution in [3.8, 4) is 0 Å². The molecule has 1 aromatic carbocycles. The van der Waals surface area contributed by atoms with Crippen LogP contribution in [-0.4, -0.2) is 30.0 Å². The molecule has 0 aromatic heterocycles. The Hall–Kier alpha value is -2.02. The van der Waals surface area contributed by atoms with E-state index in [1.54, 1.807) is 0 Å². The van der Waals surface area contributed by atoms with Crippen molar-refractivity contribution >= 4 is 11.6 Å². The van der Waals surface area contributed by atoms with E-state index in [-0.39, 0.29) is 11.3 Å². The second kappa shape index (κ2) is 6.42. The first-order chi connectivity index (χ1) is 9.58. The van der Waals surface area contributed by atoms with Gasteiger partial charge in [0.2, 0.25) is 0 Å². The third-order valence-electron chi connectivity index (χ3n) is 3.05. The van der Waals surface area contributed by atoms with Gasteiger partial charge < -0.3 is 10.6 Å². The molecule has 20 heavy (non-hydrogen) atoms. The highest BCUT2D eigenvalue weighted by Gasteiger charge is 2.19. The van der Waals surface area contributed by atoms with Crippen LogP contribution in [0, 0.1) is 15.9 Å². The van der Waals surface area contributed by atoms with Crippen LogP contribution in [0.3, 0.4) is 0 Å². The highest BCUT2D eigenvalue weighted by Crippen LogP contribution is 2.18. The van der Waals surface area contributed by atoms with Crippen molar-refractivity contribution in [2.24, 2.45) is 0 Å². The molecule has 108 valence electrons. The zero-order chi connectivity index (χ0) is 14.5. The summed E-state index contributed by atoms with van der Waals surface area (Å²) in [4.78, 5) is 21.7. The number of hydrogen-bond acceptors (Lipinski definition) is 4. The predicted octanol–water partition coefficient (Wildman–Crippen LogP) is 1.61. The summed E-state index contributed by atoms with van der Waals surface area (Å²) in [7, 11) is 0. The van der Waals surface area contributed by atoms with Crippen LogP contribution >= 0.6 is 0 Å². The lowest BCUT2D eigenvalue weighted by molar-refractivity contribution is -0.384. The van der Waals surface area contributed by atoms with E-state index < -0.39 is 16.6 Å². The number of nitrogens with one attached hydrogen (secondary N) is 2. The van der Waals surface area contributed by atoms with Crippen LogP contribution in [0.25, 0.3) is 0 Å². The van der Waals surface area contributed by atoms with Gasteiger partial charge in [0.05, 0.1) is 10.5 Å². The maximum absolute atomic E-state index is 13.5. The van der Waals surface area contributed by atoms with Gasteiger partial charge in [-0.25, -0.2) is 4.39 Å². The van der Waals surface area contributed by atoms with E-state index in [0.29, 0.717) is 12.6 Å². The number of nitro groups is 1. The lowest BCUT2D eigenvalue weighted by Crippen LogP contribution is -2.28. The molecule has 1 aliphatic rings. The fourth-order valence-electron chi connectivity index (χ4n) is 1.78. The Kier molecular flexibility index (Phi) is 4.62. The Labute approximate surface area is 115 Å². The van der Waals surface area contributed by atoms with Crippen molar-refractivity contribution in [2.75, 3.05) is 13.1 Å². The highest BCUT2D eigenvalue weighted by molar-refractivity contribution is 5.95. The topological polar surface area (TPSA) is 84.3 Å². The molecule has 1 fully saturated rings. The summed E-state index contributed by atoms with van der Waals surface area (Å²) in [6.07, 6.45) is 3.13. The fraction of sp³-hybridized carbons (Fsp3) is 0.462. The molecule has 0 unspecified atom stereocenters. The number of carbonyl (C=O) groups excluding carboxylic acids is 1. The molecule has 2 N–H and O–H groups in total. The minimum Gasteiger partial charge on any atom is -0.352 e. The average Bonchev–Trinajstić information content (AvgIpc) is 3.22. The van der Waals surface area contributed by atoms with Crippen molar-refractivity contribution in [1.29, 1.82) is 0 Å². The van der Waals surface area contributed by atoms with E-state index >= 15 is 0 Å². The summed E-state index contributed by atoms with van der Waals surface area (Å²) in [5.41, 5.74) is -0.596. The van der Waals surface area contributed by atoms with Crippen LogP contribution in [0.5, 0.6) is 0 Å². The van der Waals surface area contributed by atoms with Crippen molar-refractivity contribution in [1.82, 2.24) is 10.6 Å². The normalized spacial score (nSPS) is 14.1. The third kappa shape index (κ3) is 3.99. The summed E-state index contributed by atoms with van der Waals surface area (Å²) >= 11 is 0. The number of carbonyl (C=O) groups is 1. The van der Waals surface area contributed by atoms with Crippen LogP contribution in [0.4, 0.5) is 10.1 Å². The number of amides is 1. The number of nitro benzene ring substituents is 1. The van der Waals surface area contributed by atoms with Crippen LogP contribution < -0.4 is 10.6 Å². The first kappa shape index (κ1) is 14.4. The summed E-state index contributed by atoms with van der Waals surface area (Å²) in [6.45, 7) is 1.20. The van der Waals surface area contributed by atoms with Gasteiger partial charge in [0.25, 0.3) is 11.6 Å². The van der Waals surface area contributed by atoms with Crippen molar-refractivity contribution < 1.29 is 14.1 Å². The van der Waals surface area contributed by atoms with Gasteiger partial charge in [-0.3, -0.25) is 14.9 Å². The van der Waals surface area contributed by atoms with Gasteiger partial charge in [-0.2, -0.15) is 0 Å². The molecule has 7 heteroatoms. The minimum atomic E-state index is -0.760. The Balaban J connectivity index is 1.83. The van der Waals surface area contributed by atoms with Crippen molar-refractivity contribution in [3.63, 3.8) is 0 Å². The minimum absolute atomic E-state index is 0.297. The maximum Gasteiger partial charge on any atom is 0.270 e. The maximum atomic E-state index is 13.5. The molecule has 1 amide bonds. The quantitative estimate of drug-likeness (QED) is 0.452. The summed E-state index contributed by atoms with van der Waals surface area (Å²) in [6, 6.07) is 3.53. The van der Waals surface area contributed by atoms with E-state index in [1.807, 2.05) is 0 Å². The van der Waals surface area contributed by atoms with Gasteiger partial charge in [0, 0.05) is 24.7 Å². The number of hydrogen-bond donors (Lipinski definition) is 2. The molecule has 0 spiro atoms. The molecular weight excluding hydrogens is 265 g/mol. The number of rotatable bonds is 7. The number of nitrogens with zero attached hydrogens (tertiary/aromatic N) is 1. The average molecular weight is 281 g/mol. The predicted molar refractivity (Wildman–Crippen MR) is 71.0 cm³/mol. The monoisotopic (exact) mass is 281 g/mol. The molecular formula is C13H16FN3O3. The molecule has 0 bridgehead atoms. The van der Waals surface area contributed by atoms with E-state index in [9.17, 15) is 19.3 Å². The van der Waals surface area contributed by atoms with Gasteiger partial charge in [-0.05, 0) is 31.9 Å². The van der Waals surface area contributed by atoms with Crippen LogP contribution in [-0.2, 0) is 0 Å². The van der Waals surface area contributed by atoms with Gasteiger partial charge >= 0.3 is 0 Å². The Morgan fingerprint density at radius 3 is 2.80 bits per heavy atom. The Bertz CT molecular complexity index is 518. The van der Waals surface area contributed by atoms with Crippen LogP contribution in [0.1, 0.15) is 29.6 Å². The standard InChI is InChI=1S/C13H16FN3O3/c14-12-5-4-10(17(19)20)8-11(12)13(18)16-7-1-6-15-9-2-3-9/h4-5,8-9,15H,1-3,6-7H2,(H,16,18). The first-order valence-electron chi connectivity index (χ1n) is 6.53. The fourth-order valence-corrected chi connectivity index (χ4v) is 1.78. The van der Waals surface area contributed by atoms with E-state index in [1.165, 1.54) is 12.8 Å². The zero-order valence-corrected chi connectivity index (χ0v) is 10.9. The van der Waals surface area contributed by atoms with Crippen molar-refractivity contribution in [3.05, 3.63) is 39.7 Å². The number of halogens is 1. The lowest BCUT2D eigenvalue weighted by atomic mass is 10.1. The molecule has 0 radical (unpaired) electrons. The summed E-state index contributed by atoms with van der Waals surface area (Å²) in [5.74, 6) is -1.39. The largest absolute Gasteiger partial charge is 0.352 e. The Morgan fingerprint density at radius 1 is 1.40 bits per heavy atom. The number of non-ortho nitro benzene ring substituents is 1. The smallest absolute Gasteiger partial charge is 0.270 e. The van der Waals surface area contributed by atoms with Gasteiger partial charge in [-0.1, -0.05) is 0 Å². The van der Waals surface area contributed by atoms with E-state index in [4.69, 9.17) is 0 Å². The molecule has 1 aromatic rings. The molecule has 6 nitrogen and oxygen atoms in total. The van der Waals surface area contributed by atoms with Gasteiger partial charge in [-0.15, -0.1) is 0 Å². The summed E-state index contributed by atoms with van der Waals surface area (Å²) < 4.78 is 13.5. The van der Waals surface area contributed by atoms with E-state index in [0.717, 1.165) is 31.2 Å².